The van der Waals surface area contributed by atoms with Gasteiger partial charge in [0.2, 0.25) is 12.1 Å². The summed E-state index contributed by atoms with van der Waals surface area (Å²) in [5.74, 6) is -1.63. The Hall–Kier alpha value is -1.70. The molecule has 7 nitrogen and oxygen atoms in total. The number of hydrogen-bond donors (Lipinski definition) is 1. The maximum absolute atomic E-state index is 12.7. The minimum atomic E-state index is -2.13. The zero-order valence-corrected chi connectivity index (χ0v) is 14.6. The fourth-order valence-electron chi connectivity index (χ4n) is 2.79. The van der Waals surface area contributed by atoms with Gasteiger partial charge in [0.1, 0.15) is 5.69 Å². The Labute approximate surface area is 152 Å². The molecule has 0 saturated heterocycles. The van der Waals surface area contributed by atoms with E-state index in [2.05, 4.69) is 0 Å². The minimum absolute atomic E-state index is 0.203. The van der Waals surface area contributed by atoms with Crippen LogP contribution in [-0.4, -0.2) is 43.3 Å². The van der Waals surface area contributed by atoms with E-state index in [1.807, 2.05) is 0 Å². The Bertz CT molecular complexity index is 755. The van der Waals surface area contributed by atoms with Gasteiger partial charge in [-0.05, 0) is 18.2 Å². The van der Waals surface area contributed by atoms with Crippen molar-refractivity contribution < 1.29 is 19.1 Å². The number of rotatable bonds is 2. The third-order valence-corrected chi connectivity index (χ3v) is 4.23. The van der Waals surface area contributed by atoms with Crippen molar-refractivity contribution in [2.45, 2.75) is 22.7 Å². The van der Waals surface area contributed by atoms with Crippen LogP contribution in [0, 0.1) is 5.41 Å². The minimum Gasteiger partial charge on any atom is -0.441 e. The summed E-state index contributed by atoms with van der Waals surface area (Å²) in [6.07, 6.45) is 3.69. The first-order valence-electron chi connectivity index (χ1n) is 6.85. The average Bonchev–Trinajstić information content (AvgIpc) is 3.09. The lowest BCUT2D eigenvalue weighted by Crippen LogP contribution is -2.61. The van der Waals surface area contributed by atoms with E-state index in [-0.39, 0.29) is 12.5 Å². The number of nitrogens with one attached hydrogen (secondary N) is 1. The first-order chi connectivity index (χ1) is 11.2. The fourth-order valence-corrected chi connectivity index (χ4v) is 2.91. The van der Waals surface area contributed by atoms with E-state index >= 15 is 0 Å². The van der Waals surface area contributed by atoms with Crippen molar-refractivity contribution in [2.75, 3.05) is 6.54 Å². The highest BCUT2D eigenvalue weighted by atomic mass is 35.6. The number of amides is 1. The first-order valence-corrected chi connectivity index (χ1v) is 7.98. The lowest BCUT2D eigenvalue weighted by atomic mass is 10.1. The van der Waals surface area contributed by atoms with E-state index in [9.17, 15) is 9.59 Å². The summed E-state index contributed by atoms with van der Waals surface area (Å²) in [7, 11) is 0. The van der Waals surface area contributed by atoms with E-state index in [0.29, 0.717) is 5.69 Å². The molecule has 0 unspecified atom stereocenters. The molecular weight excluding hydrogens is 381 g/mol. The van der Waals surface area contributed by atoms with Crippen molar-refractivity contribution in [1.29, 1.82) is 5.41 Å². The predicted octanol–water partition coefficient (Wildman–Crippen LogP) is 2.64. The highest BCUT2D eigenvalue weighted by molar-refractivity contribution is 6.76. The quantitative estimate of drug-likeness (QED) is 0.276. The van der Waals surface area contributed by atoms with Crippen molar-refractivity contribution >= 4 is 52.6 Å². The fraction of sp³-hybridized carbons (Fsp3) is 0.357. The molecule has 0 radical (unpaired) electrons. The van der Waals surface area contributed by atoms with Crippen LogP contribution in [-0.2, 0) is 14.3 Å². The summed E-state index contributed by atoms with van der Waals surface area (Å²) >= 11 is 17.1. The van der Waals surface area contributed by atoms with Gasteiger partial charge in [0, 0.05) is 19.7 Å². The molecule has 0 fully saturated rings. The Balaban J connectivity index is 2.12. The summed E-state index contributed by atoms with van der Waals surface area (Å²) < 4.78 is 10.3. The average molecular weight is 393 g/mol. The number of alkyl halides is 3. The molecule has 24 heavy (non-hydrogen) atoms. The van der Waals surface area contributed by atoms with Crippen LogP contribution in [0.2, 0.25) is 0 Å². The molecule has 1 amide bonds. The second-order valence-corrected chi connectivity index (χ2v) is 7.54. The zero-order valence-electron chi connectivity index (χ0n) is 12.3. The number of aromatic nitrogens is 1. The second-order valence-electron chi connectivity index (χ2n) is 5.26. The van der Waals surface area contributed by atoms with Crippen LogP contribution in [0.15, 0.2) is 30.5 Å². The molecule has 1 N–H and O–H groups in total. The highest BCUT2D eigenvalue weighted by Gasteiger charge is 2.58. The van der Waals surface area contributed by atoms with E-state index < -0.39 is 27.6 Å². The van der Waals surface area contributed by atoms with Crippen molar-refractivity contribution in [2.24, 2.45) is 0 Å². The van der Waals surface area contributed by atoms with Crippen LogP contribution >= 0.6 is 34.8 Å². The maximum atomic E-state index is 12.7. The van der Waals surface area contributed by atoms with Crippen LogP contribution in [0.4, 0.5) is 0 Å². The van der Waals surface area contributed by atoms with Gasteiger partial charge in [0.05, 0.1) is 0 Å². The Morgan fingerprint density at radius 1 is 1.46 bits per heavy atom. The number of carbonyl (C=O) groups excluding carboxylic acids is 2. The number of fused-ring (bicyclic) bond motifs is 2. The first kappa shape index (κ1) is 17.1. The third kappa shape index (κ3) is 2.56. The molecule has 128 valence electrons. The number of hydrogen-bond acceptors (Lipinski definition) is 5. The standard InChI is InChI=1S/C14H12Cl3N3O4/c1-8(21)23-12-13(24-11(18)14(15,16)17)5-3-7-20(13)10(22)9-4-2-6-19(9)12/h2-6,12,18H,7H2,1H3/t12-,13-/m1/s1. The smallest absolute Gasteiger partial charge is 0.304 e. The summed E-state index contributed by atoms with van der Waals surface area (Å²) in [6, 6.07) is 3.24. The van der Waals surface area contributed by atoms with Gasteiger partial charge in [-0.15, -0.1) is 0 Å². The van der Waals surface area contributed by atoms with Crippen LogP contribution in [0.3, 0.4) is 0 Å². The maximum Gasteiger partial charge on any atom is 0.304 e. The molecule has 3 rings (SSSR count). The Morgan fingerprint density at radius 3 is 2.79 bits per heavy atom. The molecule has 0 spiro atoms. The molecule has 0 aliphatic carbocycles. The zero-order chi connectivity index (χ0) is 17.7. The van der Waals surface area contributed by atoms with Gasteiger partial charge in [0.25, 0.3) is 15.4 Å². The monoisotopic (exact) mass is 391 g/mol. The Morgan fingerprint density at radius 2 is 2.17 bits per heavy atom. The van der Waals surface area contributed by atoms with Crippen LogP contribution in [0.25, 0.3) is 0 Å². The second kappa shape index (κ2) is 5.68. The number of nitrogens with zero attached hydrogens (tertiary/aromatic N) is 2. The number of carbonyl (C=O) groups is 2. The molecule has 2 aliphatic rings. The molecule has 1 aromatic heterocycles. The summed E-state index contributed by atoms with van der Waals surface area (Å²) in [4.78, 5) is 25.6. The van der Waals surface area contributed by atoms with E-state index in [4.69, 9.17) is 49.7 Å². The molecule has 2 aliphatic heterocycles. The van der Waals surface area contributed by atoms with Crippen LogP contribution in [0.1, 0.15) is 23.6 Å². The predicted molar refractivity (Wildman–Crippen MR) is 87.2 cm³/mol. The molecule has 3 heterocycles. The Kier molecular flexibility index (Phi) is 4.06. The van der Waals surface area contributed by atoms with Gasteiger partial charge in [-0.3, -0.25) is 19.9 Å². The lowest BCUT2D eigenvalue weighted by Gasteiger charge is -2.46. The number of ether oxygens (including phenoxy) is 2. The van der Waals surface area contributed by atoms with Gasteiger partial charge < -0.3 is 14.0 Å². The van der Waals surface area contributed by atoms with E-state index in [1.165, 1.54) is 22.5 Å². The molecule has 0 bridgehead atoms. The van der Waals surface area contributed by atoms with Crippen molar-refractivity contribution in [3.63, 3.8) is 0 Å². The lowest BCUT2D eigenvalue weighted by molar-refractivity contribution is -0.189. The molecular formula is C14H12Cl3N3O4. The van der Waals surface area contributed by atoms with Gasteiger partial charge in [0.15, 0.2) is 0 Å². The molecule has 10 heteroatoms. The van der Waals surface area contributed by atoms with Gasteiger partial charge in [-0.2, -0.15) is 0 Å². The molecule has 1 aromatic rings. The van der Waals surface area contributed by atoms with Crippen molar-refractivity contribution in [1.82, 2.24) is 9.47 Å². The van der Waals surface area contributed by atoms with Gasteiger partial charge in [-0.25, -0.2) is 0 Å². The van der Waals surface area contributed by atoms with Crippen molar-refractivity contribution in [3.8, 4) is 0 Å². The van der Waals surface area contributed by atoms with Gasteiger partial charge in [-0.1, -0.05) is 40.9 Å². The molecule has 0 aromatic carbocycles. The van der Waals surface area contributed by atoms with Crippen molar-refractivity contribution in [3.05, 3.63) is 36.2 Å². The molecule has 2 atom stereocenters. The number of halogens is 3. The van der Waals surface area contributed by atoms with E-state index in [0.717, 1.165) is 0 Å². The SMILES string of the molecule is CC(=O)O[C@H]1n2cccc2C(=O)N2CC=C[C@@]12OC(=N)C(Cl)(Cl)Cl. The van der Waals surface area contributed by atoms with Gasteiger partial charge >= 0.3 is 5.97 Å². The third-order valence-electron chi connectivity index (χ3n) is 3.72. The largest absolute Gasteiger partial charge is 0.441 e. The topological polar surface area (TPSA) is 84.6 Å². The summed E-state index contributed by atoms with van der Waals surface area (Å²) in [6.45, 7) is 1.44. The van der Waals surface area contributed by atoms with Crippen LogP contribution in [0.5, 0.6) is 0 Å². The van der Waals surface area contributed by atoms with E-state index in [1.54, 1.807) is 24.4 Å². The highest BCUT2D eigenvalue weighted by Crippen LogP contribution is 2.44. The summed E-state index contributed by atoms with van der Waals surface area (Å²) in [5, 5.41) is 7.87. The summed E-state index contributed by atoms with van der Waals surface area (Å²) in [5.41, 5.74) is -1.28. The normalized spacial score (nSPS) is 25.2. The molecule has 0 saturated carbocycles. The number of esters is 1. The van der Waals surface area contributed by atoms with Crippen LogP contribution < -0.4 is 0 Å².